The molecule has 0 saturated carbocycles. The van der Waals surface area contributed by atoms with Gasteiger partial charge in [-0.15, -0.1) is 0 Å². The number of hydrogen-bond acceptors (Lipinski definition) is 2. The summed E-state index contributed by atoms with van der Waals surface area (Å²) >= 11 is 0. The van der Waals surface area contributed by atoms with Crippen molar-refractivity contribution in [2.45, 2.75) is 31.8 Å². The third kappa shape index (κ3) is 2.61. The molecule has 0 radical (unpaired) electrons. The highest BCUT2D eigenvalue weighted by molar-refractivity contribution is 5.06. The van der Waals surface area contributed by atoms with Crippen LogP contribution < -0.4 is 5.32 Å². The quantitative estimate of drug-likeness (QED) is 0.818. The Hall–Kier alpha value is -0.800. The van der Waals surface area contributed by atoms with Crippen molar-refractivity contribution in [3.05, 3.63) is 24.0 Å². The van der Waals surface area contributed by atoms with Crippen molar-refractivity contribution >= 4 is 0 Å². The predicted octanol–water partition coefficient (Wildman–Crippen LogP) is 1.68. The largest absolute Gasteiger partial charge is 0.381 e. The van der Waals surface area contributed by atoms with Crippen LogP contribution in [0.25, 0.3) is 0 Å². The van der Waals surface area contributed by atoms with Gasteiger partial charge < -0.3 is 14.6 Å². The number of nitrogens with zero attached hydrogens (tertiary/aromatic N) is 1. The predicted molar refractivity (Wildman–Crippen MR) is 60.7 cm³/mol. The number of ether oxygens (including phenoxy) is 1. The summed E-state index contributed by atoms with van der Waals surface area (Å²) in [6.45, 7) is 5.01. The normalized spacial score (nSPS) is 20.4. The van der Waals surface area contributed by atoms with E-state index in [9.17, 15) is 0 Å². The van der Waals surface area contributed by atoms with Gasteiger partial charge in [0, 0.05) is 44.2 Å². The first kappa shape index (κ1) is 10.7. The zero-order valence-corrected chi connectivity index (χ0v) is 9.62. The summed E-state index contributed by atoms with van der Waals surface area (Å²) in [5.74, 6) is 0. The van der Waals surface area contributed by atoms with Gasteiger partial charge in [-0.2, -0.15) is 0 Å². The highest BCUT2D eigenvalue weighted by Crippen LogP contribution is 2.20. The first-order valence-electron chi connectivity index (χ1n) is 5.63. The standard InChI is InChI=1S/C12H20N2O/c1-12(5-8-15-9-6-12)13-10-11-4-3-7-14(11)2/h3-4,7,13H,5-6,8-10H2,1-2H3. The smallest absolute Gasteiger partial charge is 0.0483 e. The lowest BCUT2D eigenvalue weighted by molar-refractivity contribution is 0.0444. The Morgan fingerprint density at radius 3 is 2.80 bits per heavy atom. The van der Waals surface area contributed by atoms with E-state index in [4.69, 9.17) is 4.74 Å². The molecule has 1 aliphatic heterocycles. The Morgan fingerprint density at radius 2 is 2.20 bits per heavy atom. The van der Waals surface area contributed by atoms with Gasteiger partial charge in [-0.05, 0) is 31.9 Å². The molecule has 2 heterocycles. The Morgan fingerprint density at radius 1 is 1.47 bits per heavy atom. The van der Waals surface area contributed by atoms with Crippen LogP contribution in [0, 0.1) is 0 Å². The lowest BCUT2D eigenvalue weighted by Gasteiger charge is -2.34. The average molecular weight is 208 g/mol. The van der Waals surface area contributed by atoms with Gasteiger partial charge >= 0.3 is 0 Å². The highest BCUT2D eigenvalue weighted by atomic mass is 16.5. The van der Waals surface area contributed by atoms with Crippen LogP contribution in [0.5, 0.6) is 0 Å². The van der Waals surface area contributed by atoms with Crippen LogP contribution in [0.2, 0.25) is 0 Å². The van der Waals surface area contributed by atoms with Gasteiger partial charge in [-0.1, -0.05) is 0 Å². The lowest BCUT2D eigenvalue weighted by Crippen LogP contribution is -2.46. The molecule has 3 nitrogen and oxygen atoms in total. The molecule has 1 aliphatic rings. The van der Waals surface area contributed by atoms with Gasteiger partial charge in [-0.3, -0.25) is 0 Å². The second-order valence-corrected chi connectivity index (χ2v) is 4.64. The summed E-state index contributed by atoms with van der Waals surface area (Å²) in [6, 6.07) is 4.25. The fraction of sp³-hybridized carbons (Fsp3) is 0.667. The van der Waals surface area contributed by atoms with Crippen LogP contribution in [0.4, 0.5) is 0 Å². The monoisotopic (exact) mass is 208 g/mol. The van der Waals surface area contributed by atoms with Crippen LogP contribution >= 0.6 is 0 Å². The van der Waals surface area contributed by atoms with Crippen molar-refractivity contribution in [1.82, 2.24) is 9.88 Å². The molecule has 0 aromatic carbocycles. The van der Waals surface area contributed by atoms with Gasteiger partial charge in [0.15, 0.2) is 0 Å². The molecular weight excluding hydrogens is 188 g/mol. The lowest BCUT2D eigenvalue weighted by atomic mass is 9.92. The molecular formula is C12H20N2O. The maximum absolute atomic E-state index is 5.38. The van der Waals surface area contributed by atoms with E-state index in [0.717, 1.165) is 32.6 Å². The summed E-state index contributed by atoms with van der Waals surface area (Å²) < 4.78 is 7.54. The topological polar surface area (TPSA) is 26.2 Å². The van der Waals surface area contributed by atoms with Crippen molar-refractivity contribution in [1.29, 1.82) is 0 Å². The van der Waals surface area contributed by atoms with E-state index in [0.29, 0.717) is 0 Å². The van der Waals surface area contributed by atoms with Crippen molar-refractivity contribution < 1.29 is 4.74 Å². The molecule has 1 saturated heterocycles. The fourth-order valence-electron chi connectivity index (χ4n) is 1.98. The summed E-state index contributed by atoms with van der Waals surface area (Å²) in [5, 5.41) is 3.64. The van der Waals surface area contributed by atoms with E-state index in [-0.39, 0.29) is 5.54 Å². The summed E-state index contributed by atoms with van der Waals surface area (Å²) in [6.07, 6.45) is 4.30. The fourth-order valence-corrected chi connectivity index (χ4v) is 1.98. The van der Waals surface area contributed by atoms with Crippen molar-refractivity contribution in [3.8, 4) is 0 Å². The Kier molecular flexibility index (Phi) is 3.12. The molecule has 0 atom stereocenters. The van der Waals surface area contributed by atoms with Gasteiger partial charge in [0.2, 0.25) is 0 Å². The SMILES string of the molecule is Cn1cccc1CNC1(C)CCOCC1. The van der Waals surface area contributed by atoms with E-state index in [1.807, 2.05) is 0 Å². The molecule has 0 aliphatic carbocycles. The van der Waals surface area contributed by atoms with E-state index in [1.54, 1.807) is 0 Å². The molecule has 3 heteroatoms. The molecule has 84 valence electrons. The third-order valence-electron chi connectivity index (χ3n) is 3.34. The van der Waals surface area contributed by atoms with Crippen LogP contribution in [0.1, 0.15) is 25.5 Å². The molecule has 0 amide bonds. The Labute approximate surface area is 91.4 Å². The highest BCUT2D eigenvalue weighted by Gasteiger charge is 2.26. The summed E-state index contributed by atoms with van der Waals surface area (Å²) in [7, 11) is 2.09. The van der Waals surface area contributed by atoms with E-state index < -0.39 is 0 Å². The van der Waals surface area contributed by atoms with Crippen LogP contribution in [-0.2, 0) is 18.3 Å². The molecule has 0 bridgehead atoms. The minimum absolute atomic E-state index is 0.252. The summed E-state index contributed by atoms with van der Waals surface area (Å²) in [5.41, 5.74) is 1.59. The van der Waals surface area contributed by atoms with Gasteiger partial charge in [-0.25, -0.2) is 0 Å². The molecule has 1 fully saturated rings. The molecule has 2 rings (SSSR count). The number of hydrogen-bond donors (Lipinski definition) is 1. The molecule has 0 spiro atoms. The van der Waals surface area contributed by atoms with Crippen LogP contribution in [0.15, 0.2) is 18.3 Å². The maximum Gasteiger partial charge on any atom is 0.0483 e. The first-order valence-corrected chi connectivity index (χ1v) is 5.63. The zero-order valence-electron chi connectivity index (χ0n) is 9.62. The minimum atomic E-state index is 0.252. The molecule has 1 aromatic heterocycles. The number of rotatable bonds is 3. The summed E-state index contributed by atoms with van der Waals surface area (Å²) in [4.78, 5) is 0. The Balaban J connectivity index is 1.89. The van der Waals surface area contributed by atoms with Crippen molar-refractivity contribution in [3.63, 3.8) is 0 Å². The Bertz CT molecular complexity index is 313. The number of aryl methyl sites for hydroxylation is 1. The van der Waals surface area contributed by atoms with Gasteiger partial charge in [0.05, 0.1) is 0 Å². The molecule has 0 unspecified atom stereocenters. The average Bonchev–Trinajstić information content (AvgIpc) is 2.62. The van der Waals surface area contributed by atoms with Crippen LogP contribution in [0.3, 0.4) is 0 Å². The second-order valence-electron chi connectivity index (χ2n) is 4.64. The van der Waals surface area contributed by atoms with Crippen molar-refractivity contribution in [2.75, 3.05) is 13.2 Å². The molecule has 1 N–H and O–H groups in total. The number of aromatic nitrogens is 1. The maximum atomic E-state index is 5.38. The molecule has 1 aromatic rings. The van der Waals surface area contributed by atoms with E-state index in [1.165, 1.54) is 5.69 Å². The first-order chi connectivity index (χ1) is 7.20. The minimum Gasteiger partial charge on any atom is -0.381 e. The van der Waals surface area contributed by atoms with Crippen molar-refractivity contribution in [2.24, 2.45) is 7.05 Å². The van der Waals surface area contributed by atoms with Gasteiger partial charge in [0.1, 0.15) is 0 Å². The third-order valence-corrected chi connectivity index (χ3v) is 3.34. The second kappa shape index (κ2) is 4.37. The van der Waals surface area contributed by atoms with Gasteiger partial charge in [0.25, 0.3) is 0 Å². The number of nitrogens with one attached hydrogen (secondary N) is 1. The molecule has 15 heavy (non-hydrogen) atoms. The zero-order chi connectivity index (χ0) is 10.7. The van der Waals surface area contributed by atoms with E-state index >= 15 is 0 Å². The van der Waals surface area contributed by atoms with E-state index in [2.05, 4.69) is 42.2 Å². The van der Waals surface area contributed by atoms with Crippen LogP contribution in [-0.4, -0.2) is 23.3 Å².